The molecule has 1 fully saturated rings. The van der Waals surface area contributed by atoms with Crippen molar-refractivity contribution in [3.05, 3.63) is 52.3 Å². The van der Waals surface area contributed by atoms with E-state index in [2.05, 4.69) is 10.1 Å². The molecule has 1 aromatic carbocycles. The number of amides is 1. The van der Waals surface area contributed by atoms with Crippen molar-refractivity contribution in [3.8, 4) is 5.69 Å². The smallest absolute Gasteiger partial charge is 0.256 e. The lowest BCUT2D eigenvalue weighted by molar-refractivity contribution is 0.0793. The molecule has 0 unspecified atom stereocenters. The Hall–Kier alpha value is -2.40. The zero-order valence-corrected chi connectivity index (χ0v) is 15.0. The molecule has 4 rings (SSSR count). The number of carbonyl (C=O) groups is 1. The molecule has 3 heterocycles. The van der Waals surface area contributed by atoms with E-state index in [-0.39, 0.29) is 5.91 Å². The minimum Gasteiger partial charge on any atom is -0.339 e. The quantitative estimate of drug-likeness (QED) is 0.700. The van der Waals surface area contributed by atoms with Crippen LogP contribution in [0.5, 0.6) is 0 Å². The van der Waals surface area contributed by atoms with E-state index in [4.69, 9.17) is 11.6 Å². The van der Waals surface area contributed by atoms with Crippen LogP contribution in [0, 0.1) is 13.8 Å². The Morgan fingerprint density at radius 1 is 1.12 bits per heavy atom. The fraction of sp³-hybridized carbons (Fsp3) is 0.316. The van der Waals surface area contributed by atoms with Crippen molar-refractivity contribution in [2.24, 2.45) is 0 Å². The third kappa shape index (κ3) is 2.68. The Kier molecular flexibility index (Phi) is 3.96. The molecule has 0 N–H and O–H groups in total. The highest BCUT2D eigenvalue weighted by Gasteiger charge is 2.25. The highest BCUT2D eigenvalue weighted by molar-refractivity contribution is 6.38. The SMILES string of the molecule is Cc1ccc(-n2nc(C)c3c(Cl)c(C(=O)N4CCCC4)cnc32)cc1. The average molecular weight is 355 g/mol. The van der Waals surface area contributed by atoms with Gasteiger partial charge < -0.3 is 4.90 Å². The second-order valence-electron chi connectivity index (χ2n) is 6.52. The van der Waals surface area contributed by atoms with E-state index in [9.17, 15) is 4.79 Å². The van der Waals surface area contributed by atoms with Crippen LogP contribution in [0.3, 0.4) is 0 Å². The fourth-order valence-electron chi connectivity index (χ4n) is 3.31. The number of aromatic nitrogens is 3. The molecule has 1 aliphatic heterocycles. The van der Waals surface area contributed by atoms with E-state index >= 15 is 0 Å². The lowest BCUT2D eigenvalue weighted by Crippen LogP contribution is -2.28. The molecule has 0 spiro atoms. The van der Waals surface area contributed by atoms with Crippen molar-refractivity contribution < 1.29 is 4.79 Å². The van der Waals surface area contributed by atoms with E-state index in [1.165, 1.54) is 5.56 Å². The second-order valence-corrected chi connectivity index (χ2v) is 6.89. The topological polar surface area (TPSA) is 51.0 Å². The van der Waals surface area contributed by atoms with Gasteiger partial charge in [0.05, 0.1) is 27.4 Å². The molecule has 1 aliphatic rings. The van der Waals surface area contributed by atoms with Gasteiger partial charge in [-0.3, -0.25) is 4.79 Å². The first kappa shape index (κ1) is 16.1. The van der Waals surface area contributed by atoms with Gasteiger partial charge in [0.1, 0.15) is 0 Å². The maximum atomic E-state index is 12.7. The van der Waals surface area contributed by atoms with Crippen LogP contribution in [-0.2, 0) is 0 Å². The summed E-state index contributed by atoms with van der Waals surface area (Å²) in [6.07, 6.45) is 3.67. The maximum Gasteiger partial charge on any atom is 0.256 e. The molecule has 128 valence electrons. The van der Waals surface area contributed by atoms with E-state index in [0.29, 0.717) is 16.2 Å². The van der Waals surface area contributed by atoms with E-state index in [0.717, 1.165) is 42.7 Å². The zero-order valence-electron chi connectivity index (χ0n) is 14.3. The molecule has 1 saturated heterocycles. The monoisotopic (exact) mass is 354 g/mol. The number of benzene rings is 1. The van der Waals surface area contributed by atoms with Crippen molar-refractivity contribution in [3.63, 3.8) is 0 Å². The normalized spacial score (nSPS) is 14.4. The Balaban J connectivity index is 1.84. The van der Waals surface area contributed by atoms with Crippen LogP contribution in [-0.4, -0.2) is 38.7 Å². The van der Waals surface area contributed by atoms with Gasteiger partial charge in [-0.25, -0.2) is 9.67 Å². The van der Waals surface area contributed by atoms with Gasteiger partial charge in [-0.05, 0) is 38.8 Å². The molecule has 2 aromatic heterocycles. The van der Waals surface area contributed by atoms with E-state index in [1.807, 2.05) is 43.0 Å². The number of aryl methyl sites for hydroxylation is 2. The molecular formula is C19H19ClN4O. The maximum absolute atomic E-state index is 12.7. The third-order valence-electron chi connectivity index (χ3n) is 4.71. The predicted octanol–water partition coefficient (Wildman–Crippen LogP) is 3.93. The third-order valence-corrected chi connectivity index (χ3v) is 5.10. The Morgan fingerprint density at radius 3 is 2.48 bits per heavy atom. The highest BCUT2D eigenvalue weighted by atomic mass is 35.5. The van der Waals surface area contributed by atoms with E-state index < -0.39 is 0 Å². The number of hydrogen-bond acceptors (Lipinski definition) is 3. The number of rotatable bonds is 2. The summed E-state index contributed by atoms with van der Waals surface area (Å²) in [6, 6.07) is 8.07. The minimum atomic E-state index is -0.0422. The van der Waals surface area contributed by atoms with Crippen LogP contribution in [0.4, 0.5) is 0 Å². The fourth-order valence-corrected chi connectivity index (χ4v) is 3.66. The standard InChI is InChI=1S/C19H19ClN4O/c1-12-5-7-14(8-6-12)24-18-16(13(2)22-24)17(20)15(11-21-18)19(25)23-9-3-4-10-23/h5-8,11H,3-4,9-10H2,1-2H3. The molecule has 0 radical (unpaired) electrons. The van der Waals surface area contributed by atoms with Gasteiger partial charge in [0, 0.05) is 19.3 Å². The van der Waals surface area contributed by atoms with Crippen LogP contribution in [0.15, 0.2) is 30.5 Å². The summed E-state index contributed by atoms with van der Waals surface area (Å²) >= 11 is 6.61. The molecule has 0 aliphatic carbocycles. The summed E-state index contributed by atoms with van der Waals surface area (Å²) in [5.74, 6) is -0.0422. The molecular weight excluding hydrogens is 336 g/mol. The Labute approximate surface area is 151 Å². The average Bonchev–Trinajstić information content (AvgIpc) is 3.24. The first-order valence-electron chi connectivity index (χ1n) is 8.46. The van der Waals surface area contributed by atoms with Crippen LogP contribution in [0.2, 0.25) is 5.02 Å². The number of fused-ring (bicyclic) bond motifs is 1. The number of halogens is 1. The van der Waals surface area contributed by atoms with Crippen molar-refractivity contribution in [2.45, 2.75) is 26.7 Å². The van der Waals surface area contributed by atoms with Gasteiger partial charge in [0.2, 0.25) is 0 Å². The Morgan fingerprint density at radius 2 is 1.80 bits per heavy atom. The summed E-state index contributed by atoms with van der Waals surface area (Å²) < 4.78 is 1.78. The minimum absolute atomic E-state index is 0.0422. The summed E-state index contributed by atoms with van der Waals surface area (Å²) in [4.78, 5) is 19.1. The zero-order chi connectivity index (χ0) is 17.6. The summed E-state index contributed by atoms with van der Waals surface area (Å²) in [5.41, 5.74) is 4.00. The molecule has 1 amide bonds. The predicted molar refractivity (Wildman–Crippen MR) is 98.5 cm³/mol. The second kappa shape index (κ2) is 6.15. The van der Waals surface area contributed by atoms with E-state index in [1.54, 1.807) is 10.9 Å². The summed E-state index contributed by atoms with van der Waals surface area (Å²) in [5, 5.41) is 5.78. The van der Waals surface area contributed by atoms with Gasteiger partial charge in [-0.1, -0.05) is 29.3 Å². The van der Waals surface area contributed by atoms with Gasteiger partial charge in [0.15, 0.2) is 5.65 Å². The molecule has 0 atom stereocenters. The lowest BCUT2D eigenvalue weighted by Gasteiger charge is -2.16. The van der Waals surface area contributed by atoms with Crippen LogP contribution in [0.1, 0.15) is 34.5 Å². The van der Waals surface area contributed by atoms with Crippen LogP contribution < -0.4 is 0 Å². The molecule has 6 heteroatoms. The van der Waals surface area contributed by atoms with Crippen molar-refractivity contribution in [2.75, 3.05) is 13.1 Å². The van der Waals surface area contributed by atoms with Crippen LogP contribution in [0.25, 0.3) is 16.7 Å². The number of pyridine rings is 1. The lowest BCUT2D eigenvalue weighted by atomic mass is 10.2. The summed E-state index contributed by atoms with van der Waals surface area (Å²) in [7, 11) is 0. The van der Waals surface area contributed by atoms with Crippen molar-refractivity contribution in [1.29, 1.82) is 0 Å². The van der Waals surface area contributed by atoms with Gasteiger partial charge in [-0.15, -0.1) is 0 Å². The molecule has 25 heavy (non-hydrogen) atoms. The van der Waals surface area contributed by atoms with Gasteiger partial charge >= 0.3 is 0 Å². The van der Waals surface area contributed by atoms with Crippen LogP contribution >= 0.6 is 11.6 Å². The number of nitrogens with zero attached hydrogens (tertiary/aromatic N) is 4. The number of carbonyl (C=O) groups excluding carboxylic acids is 1. The van der Waals surface area contributed by atoms with Crippen molar-refractivity contribution in [1.82, 2.24) is 19.7 Å². The largest absolute Gasteiger partial charge is 0.339 e. The molecule has 0 saturated carbocycles. The summed E-state index contributed by atoms with van der Waals surface area (Å²) in [6.45, 7) is 5.51. The first-order valence-corrected chi connectivity index (χ1v) is 8.84. The molecule has 3 aromatic rings. The molecule has 5 nitrogen and oxygen atoms in total. The first-order chi connectivity index (χ1) is 12.1. The van der Waals surface area contributed by atoms with Gasteiger partial charge in [-0.2, -0.15) is 5.10 Å². The number of hydrogen-bond donors (Lipinski definition) is 0. The van der Waals surface area contributed by atoms with Crippen molar-refractivity contribution >= 4 is 28.5 Å². The van der Waals surface area contributed by atoms with Gasteiger partial charge in [0.25, 0.3) is 5.91 Å². The Bertz CT molecular complexity index is 956. The highest BCUT2D eigenvalue weighted by Crippen LogP contribution is 2.31. The molecule has 0 bridgehead atoms. The number of likely N-dealkylation sites (tertiary alicyclic amines) is 1.